The number of alkyl carbamates (subject to hydrolysis) is 1. The molecule has 2 atom stereocenters. The highest BCUT2D eigenvalue weighted by Crippen LogP contribution is 2.40. The van der Waals surface area contributed by atoms with Crippen LogP contribution < -0.4 is 25.4 Å². The molecule has 0 heterocycles. The molecule has 358 valence electrons. The van der Waals surface area contributed by atoms with Gasteiger partial charge in [0.05, 0.1) is 20.3 Å². The van der Waals surface area contributed by atoms with Crippen molar-refractivity contribution in [2.75, 3.05) is 25.6 Å². The molecule has 8 bridgehead atoms. The van der Waals surface area contributed by atoms with E-state index in [0.29, 0.717) is 65.5 Å². The summed E-state index contributed by atoms with van der Waals surface area (Å²) in [5.41, 5.74) is 7.12. The molecule has 0 radical (unpaired) electrons. The van der Waals surface area contributed by atoms with E-state index in [1.54, 1.807) is 31.2 Å². The summed E-state index contributed by atoms with van der Waals surface area (Å²) in [5, 5.41) is 32.8. The number of esters is 1. The van der Waals surface area contributed by atoms with Crippen LogP contribution in [0.25, 0.3) is 0 Å². The van der Waals surface area contributed by atoms with Gasteiger partial charge in [-0.15, -0.1) is 0 Å². The summed E-state index contributed by atoms with van der Waals surface area (Å²) in [6, 6.07) is 34.7. The Labute approximate surface area is 402 Å². The molecule has 3 amide bonds. The van der Waals surface area contributed by atoms with Crippen molar-refractivity contribution in [3.63, 3.8) is 0 Å². The van der Waals surface area contributed by atoms with Gasteiger partial charge in [-0.2, -0.15) is 0 Å². The van der Waals surface area contributed by atoms with E-state index in [9.17, 15) is 29.4 Å². The first-order valence-corrected chi connectivity index (χ1v) is 23.3. The molecule has 0 unspecified atom stereocenters. The zero-order valence-electron chi connectivity index (χ0n) is 39.4. The van der Waals surface area contributed by atoms with Crippen LogP contribution in [0.1, 0.15) is 99.6 Å². The third-order valence-electron chi connectivity index (χ3n) is 11.9. The summed E-state index contributed by atoms with van der Waals surface area (Å²) in [4.78, 5) is 53.8. The summed E-state index contributed by atoms with van der Waals surface area (Å²) in [6.45, 7) is 6.35. The monoisotopic (exact) mass is 933 g/mol. The van der Waals surface area contributed by atoms with Crippen molar-refractivity contribution in [1.29, 1.82) is 0 Å². The smallest absolute Gasteiger partial charge is 0.408 e. The van der Waals surface area contributed by atoms with Crippen LogP contribution >= 0.6 is 0 Å². The highest BCUT2D eigenvalue weighted by molar-refractivity contribution is 5.98. The van der Waals surface area contributed by atoms with Crippen LogP contribution in [0.4, 0.5) is 10.5 Å². The molecule has 1 aliphatic rings. The van der Waals surface area contributed by atoms with E-state index >= 15 is 0 Å². The number of ether oxygens (including phenoxy) is 4. The fourth-order valence-electron chi connectivity index (χ4n) is 8.38. The molecule has 0 saturated heterocycles. The molecular formula is C56H59N3O10. The maximum absolute atomic E-state index is 14.3. The van der Waals surface area contributed by atoms with Crippen molar-refractivity contribution >= 4 is 29.6 Å². The number of carbonyl (C=O) groups excluding carboxylic acids is 4. The fraction of sp³-hybridized carbons (Fsp3) is 0.286. The number of carbonyl (C=O) groups is 4. The summed E-state index contributed by atoms with van der Waals surface area (Å²) in [7, 11) is 1.28. The topological polar surface area (TPSA) is 182 Å². The number of phenolic OH excluding ortho intramolecular Hbond substituents is 2. The first kappa shape index (κ1) is 49.1. The van der Waals surface area contributed by atoms with E-state index in [1.165, 1.54) is 7.11 Å². The third-order valence-corrected chi connectivity index (χ3v) is 11.9. The Morgan fingerprint density at radius 3 is 1.52 bits per heavy atom. The lowest BCUT2D eigenvalue weighted by atomic mass is 9.90. The van der Waals surface area contributed by atoms with Crippen molar-refractivity contribution in [3.05, 3.63) is 183 Å². The van der Waals surface area contributed by atoms with E-state index in [1.807, 2.05) is 111 Å². The van der Waals surface area contributed by atoms with Gasteiger partial charge >= 0.3 is 12.1 Å². The molecule has 0 aromatic heterocycles. The second kappa shape index (κ2) is 23.3. The molecule has 6 aromatic carbocycles. The van der Waals surface area contributed by atoms with E-state index in [0.717, 1.165) is 33.4 Å². The molecule has 69 heavy (non-hydrogen) atoms. The van der Waals surface area contributed by atoms with Gasteiger partial charge in [0.1, 0.15) is 41.7 Å². The van der Waals surface area contributed by atoms with Crippen molar-refractivity contribution in [2.45, 2.75) is 84.4 Å². The van der Waals surface area contributed by atoms with Gasteiger partial charge in [-0.05, 0) is 88.5 Å². The van der Waals surface area contributed by atoms with E-state index in [4.69, 9.17) is 18.9 Å². The van der Waals surface area contributed by atoms with Crippen LogP contribution in [0.3, 0.4) is 0 Å². The SMILES string of the molecule is CCCOc1c2cccc1Cc1cc(C(=O)N[C@@H](Cc3ccccc3)C(=O)OC)cc(c1O)Cc1cccc(c1OCCC)Cc1cc(NC(=O)[C@H](C)NC(=O)OCc3ccccc3)cc(c1O)C2. The van der Waals surface area contributed by atoms with Gasteiger partial charge in [-0.3, -0.25) is 9.59 Å². The van der Waals surface area contributed by atoms with Gasteiger partial charge in [0.25, 0.3) is 5.91 Å². The van der Waals surface area contributed by atoms with Crippen LogP contribution in [0.5, 0.6) is 23.0 Å². The second-order valence-corrected chi connectivity index (χ2v) is 17.2. The van der Waals surface area contributed by atoms with Gasteiger partial charge in [-0.25, -0.2) is 9.59 Å². The summed E-state index contributed by atoms with van der Waals surface area (Å²) in [6.07, 6.45) is 1.55. The highest BCUT2D eigenvalue weighted by Gasteiger charge is 2.27. The Bertz CT molecular complexity index is 2670. The summed E-state index contributed by atoms with van der Waals surface area (Å²) >= 11 is 0. The third kappa shape index (κ3) is 12.6. The van der Waals surface area contributed by atoms with E-state index in [-0.39, 0.29) is 55.8 Å². The minimum Gasteiger partial charge on any atom is -0.507 e. The molecule has 13 heteroatoms. The largest absolute Gasteiger partial charge is 0.507 e. The molecule has 6 aromatic rings. The van der Waals surface area contributed by atoms with Gasteiger partial charge in [0.15, 0.2) is 0 Å². The van der Waals surface area contributed by atoms with Crippen LogP contribution in [0.2, 0.25) is 0 Å². The van der Waals surface area contributed by atoms with Crippen molar-refractivity contribution in [2.24, 2.45) is 0 Å². The van der Waals surface area contributed by atoms with Gasteiger partial charge in [0.2, 0.25) is 5.91 Å². The molecule has 0 saturated carbocycles. The Hall–Kier alpha value is -7.80. The summed E-state index contributed by atoms with van der Waals surface area (Å²) < 4.78 is 23.4. The normalized spacial score (nSPS) is 12.7. The molecule has 13 nitrogen and oxygen atoms in total. The quantitative estimate of drug-likeness (QED) is 0.0463. The number of anilines is 1. The Balaban J connectivity index is 1.29. The molecule has 5 N–H and O–H groups in total. The first-order valence-electron chi connectivity index (χ1n) is 23.3. The van der Waals surface area contributed by atoms with Crippen LogP contribution in [-0.4, -0.2) is 66.5 Å². The summed E-state index contributed by atoms with van der Waals surface area (Å²) in [5.74, 6) is -0.461. The Morgan fingerprint density at radius 1 is 0.594 bits per heavy atom. The molecule has 0 fully saturated rings. The van der Waals surface area contributed by atoms with Gasteiger partial charge in [-0.1, -0.05) is 111 Å². The zero-order valence-corrected chi connectivity index (χ0v) is 39.4. The first-order chi connectivity index (χ1) is 33.4. The predicted molar refractivity (Wildman–Crippen MR) is 263 cm³/mol. The van der Waals surface area contributed by atoms with Crippen molar-refractivity contribution in [3.8, 4) is 23.0 Å². The number of hydrogen-bond donors (Lipinski definition) is 5. The number of para-hydroxylation sites is 2. The van der Waals surface area contributed by atoms with Crippen LogP contribution in [-0.2, 0) is 57.8 Å². The molecule has 1 aliphatic carbocycles. The van der Waals surface area contributed by atoms with Crippen molar-refractivity contribution < 1.29 is 48.3 Å². The van der Waals surface area contributed by atoms with Crippen LogP contribution in [0, 0.1) is 0 Å². The average Bonchev–Trinajstić information content (AvgIpc) is 3.35. The van der Waals surface area contributed by atoms with Crippen molar-refractivity contribution in [1.82, 2.24) is 10.6 Å². The lowest BCUT2D eigenvalue weighted by Gasteiger charge is -2.22. The number of amides is 3. The van der Waals surface area contributed by atoms with Gasteiger partial charge < -0.3 is 45.1 Å². The number of nitrogens with one attached hydrogen (secondary N) is 3. The van der Waals surface area contributed by atoms with Crippen LogP contribution in [0.15, 0.2) is 121 Å². The Kier molecular flexibility index (Phi) is 16.6. The number of phenols is 2. The lowest BCUT2D eigenvalue weighted by molar-refractivity contribution is -0.142. The minimum absolute atomic E-state index is 0.00237. The number of methoxy groups -OCH3 is 1. The number of aromatic hydroxyl groups is 2. The standard InChI is InChI=1S/C56H59N3O10/c1-5-23-67-51-38-19-13-21-40(51)28-44-32-47(58-53(62)35(3)57-56(65)69-34-37-17-11-8-12-18-37)33-45(50(44)61)29-41-22-14-20-39(52(41)68-24-6-2)27-43-31-46(30-42(26-38)49(43)60)54(63)59-48(55(64)66-4)25-36-15-9-7-10-16-36/h7-22,30-33,35,48,60-61H,5-6,23-29,34H2,1-4H3,(H,57,65)(H,58,62)(H,59,63)/t35-,48-/m0/s1. The highest BCUT2D eigenvalue weighted by atomic mass is 16.5. The number of rotatable bonds is 16. The molecule has 0 aliphatic heterocycles. The zero-order chi connectivity index (χ0) is 48.9. The van der Waals surface area contributed by atoms with E-state index < -0.39 is 36.0 Å². The second-order valence-electron chi connectivity index (χ2n) is 17.2. The Morgan fingerprint density at radius 2 is 1.06 bits per heavy atom. The maximum Gasteiger partial charge on any atom is 0.408 e. The fourth-order valence-corrected chi connectivity index (χ4v) is 8.38. The molecule has 0 spiro atoms. The van der Waals surface area contributed by atoms with E-state index in [2.05, 4.69) is 16.0 Å². The van der Waals surface area contributed by atoms with Gasteiger partial charge in [0, 0.05) is 54.5 Å². The number of hydrogen-bond acceptors (Lipinski definition) is 10. The average molecular weight is 934 g/mol. The molecule has 7 rings (SSSR count). The molecular weight excluding hydrogens is 875 g/mol. The lowest BCUT2D eigenvalue weighted by Crippen LogP contribution is -2.43. The maximum atomic E-state index is 14.3. The predicted octanol–water partition coefficient (Wildman–Crippen LogP) is 9.12. The minimum atomic E-state index is -0.982. The number of benzene rings is 6. The number of fused-ring (bicyclic) bond motifs is 8.